The van der Waals surface area contributed by atoms with Gasteiger partial charge in [-0.1, -0.05) is 5.92 Å². The quantitative estimate of drug-likeness (QED) is 0.741. The molecule has 3 heterocycles. The zero-order chi connectivity index (χ0) is 20.4. The number of terminal acetylenes is 1. The number of nitrogens with zero attached hydrogens (tertiary/aromatic N) is 4. The predicted molar refractivity (Wildman–Crippen MR) is 107 cm³/mol. The number of imidazole rings is 1. The molecule has 150 valence electrons. The fourth-order valence-electron chi connectivity index (χ4n) is 4.08. The fraction of sp³-hybridized carbons (Fsp3) is 0.409. The minimum atomic E-state index is -0.0988. The number of carbonyl (C=O) groups is 2. The molecule has 1 unspecified atom stereocenters. The molecule has 1 aromatic carbocycles. The van der Waals surface area contributed by atoms with E-state index in [4.69, 9.17) is 11.2 Å². The minimum Gasteiger partial charge on any atom is -0.496 e. The standard InChI is InChI=1S/C22H24N4O3/c1-3-16-4-6-18(19(14-16)29-2)22(28)25-12-10-24(11-13-25)21(27)17-5-7-20-23-8-9-26(20)15-17/h1,4,6,8-9,14,17H,5,7,10-13,15H2,2H3. The molecule has 1 fully saturated rings. The molecule has 2 aliphatic rings. The minimum absolute atomic E-state index is 0.0182. The van der Waals surface area contributed by atoms with Crippen LogP contribution in [0.4, 0.5) is 0 Å². The van der Waals surface area contributed by atoms with E-state index < -0.39 is 0 Å². The van der Waals surface area contributed by atoms with Gasteiger partial charge in [-0.3, -0.25) is 9.59 Å². The molecule has 0 aliphatic carbocycles. The Balaban J connectivity index is 1.38. The highest BCUT2D eigenvalue weighted by molar-refractivity contribution is 5.97. The maximum absolute atomic E-state index is 13.0. The number of carbonyl (C=O) groups excluding carboxylic acids is 2. The molecule has 0 bridgehead atoms. The number of ether oxygens (including phenoxy) is 1. The molecule has 1 aromatic heterocycles. The van der Waals surface area contributed by atoms with E-state index >= 15 is 0 Å². The number of aromatic nitrogens is 2. The summed E-state index contributed by atoms with van der Waals surface area (Å²) in [7, 11) is 1.53. The molecule has 0 saturated carbocycles. The van der Waals surface area contributed by atoms with Gasteiger partial charge in [-0.15, -0.1) is 6.42 Å². The number of benzene rings is 1. The fourth-order valence-corrected chi connectivity index (χ4v) is 4.08. The van der Waals surface area contributed by atoms with Gasteiger partial charge in [-0.25, -0.2) is 4.98 Å². The van der Waals surface area contributed by atoms with Crippen molar-refractivity contribution in [3.05, 3.63) is 47.5 Å². The van der Waals surface area contributed by atoms with Crippen molar-refractivity contribution in [2.45, 2.75) is 19.4 Å². The highest BCUT2D eigenvalue weighted by Gasteiger charge is 2.32. The first kappa shape index (κ1) is 19.1. The summed E-state index contributed by atoms with van der Waals surface area (Å²) >= 11 is 0. The summed E-state index contributed by atoms with van der Waals surface area (Å²) in [5, 5.41) is 0. The lowest BCUT2D eigenvalue weighted by atomic mass is 9.97. The molecule has 2 amide bonds. The van der Waals surface area contributed by atoms with Crippen LogP contribution in [-0.4, -0.2) is 64.5 Å². The van der Waals surface area contributed by atoms with Crippen molar-refractivity contribution in [1.29, 1.82) is 0 Å². The Morgan fingerprint density at radius 3 is 2.69 bits per heavy atom. The lowest BCUT2D eigenvalue weighted by molar-refractivity contribution is -0.138. The lowest BCUT2D eigenvalue weighted by Crippen LogP contribution is -2.52. The van der Waals surface area contributed by atoms with E-state index in [-0.39, 0.29) is 17.7 Å². The molecule has 29 heavy (non-hydrogen) atoms. The van der Waals surface area contributed by atoms with Crippen molar-refractivity contribution in [2.24, 2.45) is 5.92 Å². The maximum atomic E-state index is 13.0. The summed E-state index contributed by atoms with van der Waals surface area (Å²) in [6.45, 7) is 2.79. The van der Waals surface area contributed by atoms with E-state index in [1.807, 2.05) is 11.1 Å². The van der Waals surface area contributed by atoms with Gasteiger partial charge >= 0.3 is 0 Å². The van der Waals surface area contributed by atoms with Crippen molar-refractivity contribution < 1.29 is 14.3 Å². The molecular formula is C22H24N4O3. The smallest absolute Gasteiger partial charge is 0.257 e. The Kier molecular flexibility index (Phi) is 5.26. The molecule has 2 aliphatic heterocycles. The van der Waals surface area contributed by atoms with Gasteiger partial charge in [0.2, 0.25) is 5.91 Å². The van der Waals surface area contributed by atoms with E-state index in [0.29, 0.717) is 49.6 Å². The summed E-state index contributed by atoms with van der Waals surface area (Å²) in [5.74, 6) is 4.13. The maximum Gasteiger partial charge on any atom is 0.257 e. The number of aryl methyl sites for hydroxylation is 1. The van der Waals surface area contributed by atoms with Crippen LogP contribution in [0.2, 0.25) is 0 Å². The van der Waals surface area contributed by atoms with E-state index in [1.165, 1.54) is 7.11 Å². The van der Waals surface area contributed by atoms with Crippen LogP contribution >= 0.6 is 0 Å². The molecule has 1 saturated heterocycles. The number of amides is 2. The van der Waals surface area contributed by atoms with E-state index in [1.54, 1.807) is 29.3 Å². The molecule has 7 heteroatoms. The lowest BCUT2D eigenvalue weighted by Gasteiger charge is -2.37. The molecule has 1 atom stereocenters. The third kappa shape index (κ3) is 3.70. The first-order valence-electron chi connectivity index (χ1n) is 9.83. The van der Waals surface area contributed by atoms with E-state index in [9.17, 15) is 9.59 Å². The second-order valence-electron chi connectivity index (χ2n) is 7.41. The number of fused-ring (bicyclic) bond motifs is 1. The second-order valence-corrected chi connectivity index (χ2v) is 7.41. The Bertz CT molecular complexity index is 967. The monoisotopic (exact) mass is 392 g/mol. The Hall–Kier alpha value is -3.27. The predicted octanol–water partition coefficient (Wildman–Crippen LogP) is 1.42. The summed E-state index contributed by atoms with van der Waals surface area (Å²) < 4.78 is 7.41. The summed E-state index contributed by atoms with van der Waals surface area (Å²) in [6, 6.07) is 5.14. The second kappa shape index (κ2) is 8.00. The Labute approximate surface area is 170 Å². The zero-order valence-electron chi connectivity index (χ0n) is 16.5. The normalized spacial score (nSPS) is 18.7. The number of methoxy groups -OCH3 is 1. The summed E-state index contributed by atoms with van der Waals surface area (Å²) in [4.78, 5) is 33.9. The van der Waals surface area contributed by atoms with Crippen LogP contribution in [0, 0.1) is 18.3 Å². The van der Waals surface area contributed by atoms with Gasteiger partial charge in [-0.2, -0.15) is 0 Å². The summed E-state index contributed by atoms with van der Waals surface area (Å²) in [6.07, 6.45) is 10.8. The highest BCUT2D eigenvalue weighted by atomic mass is 16.5. The SMILES string of the molecule is C#Cc1ccc(C(=O)N2CCN(C(=O)C3CCc4nccn4C3)CC2)c(OC)c1. The van der Waals surface area contributed by atoms with Gasteiger partial charge in [0.15, 0.2) is 0 Å². The number of piperazine rings is 1. The third-order valence-electron chi connectivity index (χ3n) is 5.76. The van der Waals surface area contributed by atoms with Crippen molar-refractivity contribution in [1.82, 2.24) is 19.4 Å². The first-order chi connectivity index (χ1) is 14.1. The molecule has 4 rings (SSSR count). The van der Waals surface area contributed by atoms with Crippen molar-refractivity contribution in [3.8, 4) is 18.1 Å². The first-order valence-corrected chi connectivity index (χ1v) is 9.83. The highest BCUT2D eigenvalue weighted by Crippen LogP contribution is 2.24. The van der Waals surface area contributed by atoms with Gasteiger partial charge in [-0.05, 0) is 24.6 Å². The number of rotatable bonds is 3. The van der Waals surface area contributed by atoms with Crippen molar-refractivity contribution >= 4 is 11.8 Å². The molecule has 0 radical (unpaired) electrons. The van der Waals surface area contributed by atoms with Crippen molar-refractivity contribution in [3.63, 3.8) is 0 Å². The van der Waals surface area contributed by atoms with Crippen LogP contribution in [0.1, 0.15) is 28.2 Å². The number of hydrogen-bond donors (Lipinski definition) is 0. The molecule has 0 spiro atoms. The van der Waals surface area contributed by atoms with Crippen LogP contribution in [0.15, 0.2) is 30.6 Å². The van der Waals surface area contributed by atoms with E-state index in [2.05, 4.69) is 15.5 Å². The average molecular weight is 392 g/mol. The van der Waals surface area contributed by atoms with Crippen LogP contribution in [0.5, 0.6) is 5.75 Å². The average Bonchev–Trinajstić information content (AvgIpc) is 3.25. The summed E-state index contributed by atoms with van der Waals surface area (Å²) in [5.41, 5.74) is 1.16. The third-order valence-corrected chi connectivity index (χ3v) is 5.76. The zero-order valence-corrected chi connectivity index (χ0v) is 16.5. The van der Waals surface area contributed by atoms with Gasteiger partial charge in [0.05, 0.1) is 18.6 Å². The van der Waals surface area contributed by atoms with Crippen LogP contribution in [-0.2, 0) is 17.8 Å². The van der Waals surface area contributed by atoms with Gasteiger partial charge in [0.1, 0.15) is 11.6 Å². The van der Waals surface area contributed by atoms with Crippen LogP contribution in [0.25, 0.3) is 0 Å². The van der Waals surface area contributed by atoms with Gasteiger partial charge in [0.25, 0.3) is 5.91 Å². The Morgan fingerprint density at radius 2 is 1.97 bits per heavy atom. The van der Waals surface area contributed by atoms with Crippen molar-refractivity contribution in [2.75, 3.05) is 33.3 Å². The number of hydrogen-bond acceptors (Lipinski definition) is 4. The molecule has 0 N–H and O–H groups in total. The largest absolute Gasteiger partial charge is 0.496 e. The van der Waals surface area contributed by atoms with Gasteiger partial charge < -0.3 is 19.1 Å². The van der Waals surface area contributed by atoms with Crippen LogP contribution < -0.4 is 4.74 Å². The molecular weight excluding hydrogens is 368 g/mol. The van der Waals surface area contributed by atoms with E-state index in [0.717, 1.165) is 18.7 Å². The van der Waals surface area contributed by atoms with Gasteiger partial charge in [0, 0.05) is 57.1 Å². The molecule has 2 aromatic rings. The Morgan fingerprint density at radius 1 is 1.21 bits per heavy atom. The topological polar surface area (TPSA) is 67.7 Å². The van der Waals surface area contributed by atoms with Crippen LogP contribution in [0.3, 0.4) is 0 Å². The molecule has 7 nitrogen and oxygen atoms in total.